The van der Waals surface area contributed by atoms with Crippen LogP contribution in [0.1, 0.15) is 18.4 Å². The van der Waals surface area contributed by atoms with Crippen molar-refractivity contribution in [3.05, 3.63) is 48.3 Å². The van der Waals surface area contributed by atoms with E-state index in [0.29, 0.717) is 18.8 Å². The number of piperidine rings is 1. The van der Waals surface area contributed by atoms with Gasteiger partial charge in [0.2, 0.25) is 5.91 Å². The first-order valence-corrected chi connectivity index (χ1v) is 7.85. The maximum atomic E-state index is 12.7. The van der Waals surface area contributed by atoms with Gasteiger partial charge in [-0.1, -0.05) is 0 Å². The second-order valence-corrected chi connectivity index (χ2v) is 5.66. The average molecular weight is 335 g/mol. The number of nitrogens with one attached hydrogen (secondary N) is 2. The highest BCUT2D eigenvalue weighted by Crippen LogP contribution is 2.24. The SMILES string of the molecule is O=C1[C@@H](NCc2cc[nH]c2)CCCN1c1ccc(OC(F)F)cc1. The van der Waals surface area contributed by atoms with Crippen molar-refractivity contribution in [2.45, 2.75) is 32.0 Å². The van der Waals surface area contributed by atoms with E-state index < -0.39 is 6.61 Å². The van der Waals surface area contributed by atoms with E-state index in [-0.39, 0.29) is 17.7 Å². The van der Waals surface area contributed by atoms with Gasteiger partial charge in [-0.3, -0.25) is 4.79 Å². The lowest BCUT2D eigenvalue weighted by Crippen LogP contribution is -2.50. The highest BCUT2D eigenvalue weighted by Gasteiger charge is 2.29. The van der Waals surface area contributed by atoms with E-state index in [1.807, 2.05) is 18.5 Å². The Bertz CT molecular complexity index is 659. The topological polar surface area (TPSA) is 57.4 Å². The molecule has 1 amide bonds. The number of H-pyrrole nitrogens is 1. The maximum absolute atomic E-state index is 12.7. The van der Waals surface area contributed by atoms with Gasteiger partial charge >= 0.3 is 6.61 Å². The number of ether oxygens (including phenoxy) is 1. The number of halogens is 2. The summed E-state index contributed by atoms with van der Waals surface area (Å²) in [5, 5.41) is 3.28. The Morgan fingerprint density at radius 1 is 1.29 bits per heavy atom. The van der Waals surface area contributed by atoms with Crippen molar-refractivity contribution >= 4 is 11.6 Å². The van der Waals surface area contributed by atoms with Crippen molar-refractivity contribution in [2.24, 2.45) is 0 Å². The van der Waals surface area contributed by atoms with E-state index in [1.165, 1.54) is 12.1 Å². The molecule has 0 unspecified atom stereocenters. The van der Waals surface area contributed by atoms with Crippen LogP contribution in [0.25, 0.3) is 0 Å². The quantitative estimate of drug-likeness (QED) is 0.853. The van der Waals surface area contributed by atoms with Crippen molar-refractivity contribution in [1.82, 2.24) is 10.3 Å². The summed E-state index contributed by atoms with van der Waals surface area (Å²) in [6, 6.07) is 7.87. The number of benzene rings is 1. The summed E-state index contributed by atoms with van der Waals surface area (Å²) in [6.07, 6.45) is 5.40. The second kappa shape index (κ2) is 7.44. The summed E-state index contributed by atoms with van der Waals surface area (Å²) in [4.78, 5) is 17.3. The molecule has 1 aliphatic heterocycles. The molecule has 1 atom stereocenters. The van der Waals surface area contributed by atoms with Gasteiger partial charge in [-0.15, -0.1) is 0 Å². The maximum Gasteiger partial charge on any atom is 0.387 e. The summed E-state index contributed by atoms with van der Waals surface area (Å²) in [6.45, 7) is -1.61. The molecule has 128 valence electrons. The molecule has 1 aromatic carbocycles. The van der Waals surface area contributed by atoms with Crippen LogP contribution in [-0.2, 0) is 11.3 Å². The standard InChI is InChI=1S/C17H19F2N3O2/c18-17(19)24-14-5-3-13(4-6-14)22-9-1-2-15(16(22)23)21-11-12-7-8-20-10-12/h3-8,10,15,17,20-21H,1-2,9,11H2/t15-/m0/s1. The fourth-order valence-electron chi connectivity index (χ4n) is 2.84. The number of hydrogen-bond donors (Lipinski definition) is 2. The minimum absolute atomic E-state index is 0.000635. The number of rotatable bonds is 6. The van der Waals surface area contributed by atoms with Gasteiger partial charge in [0, 0.05) is 31.2 Å². The minimum atomic E-state index is -2.85. The molecule has 1 aromatic heterocycles. The van der Waals surface area contributed by atoms with Gasteiger partial charge < -0.3 is 19.9 Å². The number of carbonyl (C=O) groups excluding carboxylic acids is 1. The third kappa shape index (κ3) is 3.91. The summed E-state index contributed by atoms with van der Waals surface area (Å²) < 4.78 is 28.7. The molecule has 1 aliphatic rings. The Hall–Kier alpha value is -2.41. The van der Waals surface area contributed by atoms with Crippen LogP contribution < -0.4 is 15.0 Å². The average Bonchev–Trinajstić information content (AvgIpc) is 3.08. The molecule has 24 heavy (non-hydrogen) atoms. The highest BCUT2D eigenvalue weighted by atomic mass is 19.3. The van der Waals surface area contributed by atoms with Crippen molar-refractivity contribution in [1.29, 1.82) is 0 Å². The lowest BCUT2D eigenvalue weighted by atomic mass is 10.0. The molecule has 1 fully saturated rings. The monoisotopic (exact) mass is 335 g/mol. The molecule has 2 heterocycles. The Balaban J connectivity index is 1.63. The number of hydrogen-bond acceptors (Lipinski definition) is 3. The van der Waals surface area contributed by atoms with E-state index in [1.54, 1.807) is 17.0 Å². The van der Waals surface area contributed by atoms with E-state index in [9.17, 15) is 13.6 Å². The summed E-state index contributed by atoms with van der Waals surface area (Å²) in [7, 11) is 0. The predicted octanol–water partition coefficient (Wildman–Crippen LogP) is 2.90. The molecule has 0 radical (unpaired) electrons. The molecule has 0 spiro atoms. The summed E-state index contributed by atoms with van der Waals surface area (Å²) in [5.41, 5.74) is 1.78. The number of aromatic amines is 1. The Labute approximate surface area is 138 Å². The number of alkyl halides is 2. The molecule has 5 nitrogen and oxygen atoms in total. The zero-order valence-corrected chi connectivity index (χ0v) is 13.0. The third-order valence-corrected chi connectivity index (χ3v) is 4.03. The zero-order chi connectivity index (χ0) is 16.9. The molecule has 7 heteroatoms. The molecular weight excluding hydrogens is 316 g/mol. The molecule has 0 saturated carbocycles. The lowest BCUT2D eigenvalue weighted by Gasteiger charge is -2.32. The molecule has 1 saturated heterocycles. The predicted molar refractivity (Wildman–Crippen MR) is 86.1 cm³/mol. The van der Waals surface area contributed by atoms with Crippen molar-refractivity contribution in [3.63, 3.8) is 0 Å². The summed E-state index contributed by atoms with van der Waals surface area (Å²) in [5.74, 6) is 0.0830. The fraction of sp³-hybridized carbons (Fsp3) is 0.353. The minimum Gasteiger partial charge on any atom is -0.435 e. The van der Waals surface area contributed by atoms with Gasteiger partial charge in [-0.2, -0.15) is 8.78 Å². The number of carbonyl (C=O) groups is 1. The molecule has 0 aliphatic carbocycles. The molecule has 0 bridgehead atoms. The van der Waals surface area contributed by atoms with Gasteiger partial charge in [0.15, 0.2) is 0 Å². The van der Waals surface area contributed by atoms with E-state index >= 15 is 0 Å². The summed E-state index contributed by atoms with van der Waals surface area (Å²) >= 11 is 0. The number of nitrogens with zero attached hydrogens (tertiary/aromatic N) is 1. The Morgan fingerprint density at radius 2 is 2.08 bits per heavy atom. The van der Waals surface area contributed by atoms with Crippen molar-refractivity contribution in [2.75, 3.05) is 11.4 Å². The first-order valence-electron chi connectivity index (χ1n) is 7.85. The first kappa shape index (κ1) is 16.4. The number of amides is 1. The first-order chi connectivity index (χ1) is 11.6. The van der Waals surface area contributed by atoms with Gasteiger partial charge in [-0.05, 0) is 48.7 Å². The van der Waals surface area contributed by atoms with Crippen LogP contribution >= 0.6 is 0 Å². The number of aromatic nitrogens is 1. The smallest absolute Gasteiger partial charge is 0.387 e. The van der Waals surface area contributed by atoms with E-state index in [4.69, 9.17) is 0 Å². The molecule has 2 N–H and O–H groups in total. The van der Waals surface area contributed by atoms with Gasteiger partial charge in [0.1, 0.15) is 5.75 Å². The second-order valence-electron chi connectivity index (χ2n) is 5.66. The third-order valence-electron chi connectivity index (χ3n) is 4.03. The Morgan fingerprint density at radius 3 is 2.75 bits per heavy atom. The van der Waals surface area contributed by atoms with Crippen LogP contribution in [0.15, 0.2) is 42.7 Å². The van der Waals surface area contributed by atoms with Crippen LogP contribution in [0.5, 0.6) is 5.75 Å². The highest BCUT2D eigenvalue weighted by molar-refractivity contribution is 5.97. The van der Waals surface area contributed by atoms with Crippen LogP contribution in [0.2, 0.25) is 0 Å². The van der Waals surface area contributed by atoms with Gasteiger partial charge in [0.05, 0.1) is 6.04 Å². The largest absolute Gasteiger partial charge is 0.435 e. The zero-order valence-electron chi connectivity index (χ0n) is 13.0. The van der Waals surface area contributed by atoms with Gasteiger partial charge in [0.25, 0.3) is 0 Å². The van der Waals surface area contributed by atoms with Crippen LogP contribution in [0, 0.1) is 0 Å². The number of anilines is 1. The fourth-order valence-corrected chi connectivity index (χ4v) is 2.84. The normalized spacial score (nSPS) is 18.2. The van der Waals surface area contributed by atoms with Crippen molar-refractivity contribution < 1.29 is 18.3 Å². The van der Waals surface area contributed by atoms with E-state index in [0.717, 1.165) is 18.4 Å². The van der Waals surface area contributed by atoms with Crippen molar-refractivity contribution in [3.8, 4) is 5.75 Å². The van der Waals surface area contributed by atoms with Crippen LogP contribution in [0.4, 0.5) is 14.5 Å². The van der Waals surface area contributed by atoms with Gasteiger partial charge in [-0.25, -0.2) is 0 Å². The van der Waals surface area contributed by atoms with E-state index in [2.05, 4.69) is 15.0 Å². The van der Waals surface area contributed by atoms with Crippen LogP contribution in [0.3, 0.4) is 0 Å². The Kier molecular flexibility index (Phi) is 5.10. The molecule has 2 aromatic rings. The van der Waals surface area contributed by atoms with Crippen LogP contribution in [-0.4, -0.2) is 30.1 Å². The lowest BCUT2D eigenvalue weighted by molar-refractivity contribution is -0.121. The molecule has 3 rings (SSSR count). The molecular formula is C17H19F2N3O2.